The summed E-state index contributed by atoms with van der Waals surface area (Å²) >= 11 is -1.00. The number of aromatic nitrogens is 2. The average Bonchev–Trinajstić information content (AvgIpc) is 2.79. The molecule has 4 rings (SSSR count). The summed E-state index contributed by atoms with van der Waals surface area (Å²) in [6.45, 7) is 3.72. The number of nitriles is 1. The summed E-state index contributed by atoms with van der Waals surface area (Å²) in [5.74, 6) is 0.496. The lowest BCUT2D eigenvalue weighted by Gasteiger charge is -2.29. The standard InChI is InChI=1S/C23H24N4O2S/c1-15(16-9-11-29-12-10-16)25-23-20-8-5-18(13-21(20)26-27-22(23)14-24)17-3-6-19(7-4-17)30(2)28/h3-8,13,15-16H,9-12H2,1-2H3,(H,25,26). The lowest BCUT2D eigenvalue weighted by molar-refractivity contribution is 0.0622. The minimum absolute atomic E-state index is 0.204. The van der Waals surface area contributed by atoms with Crippen LogP contribution in [-0.4, -0.2) is 40.3 Å². The Morgan fingerprint density at radius 3 is 2.50 bits per heavy atom. The smallest absolute Gasteiger partial charge is 0.186 e. The molecule has 2 aromatic carbocycles. The highest BCUT2D eigenvalue weighted by atomic mass is 32.2. The molecule has 0 aliphatic carbocycles. The number of rotatable bonds is 5. The van der Waals surface area contributed by atoms with Crippen LogP contribution in [0, 0.1) is 17.2 Å². The number of nitrogens with zero attached hydrogens (tertiary/aromatic N) is 3. The summed E-state index contributed by atoms with van der Waals surface area (Å²) in [7, 11) is 0. The second-order valence-electron chi connectivity index (χ2n) is 7.63. The SMILES string of the molecule is CC(Nc1c(C#N)nnc2cc(-c3ccc([S+](C)[O-])cc3)ccc12)C1CCOCC1. The maximum atomic E-state index is 11.6. The first-order valence-corrected chi connectivity index (χ1v) is 11.6. The predicted molar refractivity (Wildman–Crippen MR) is 119 cm³/mol. The molecule has 1 aromatic heterocycles. The third kappa shape index (κ3) is 4.26. The van der Waals surface area contributed by atoms with Crippen LogP contribution in [0.5, 0.6) is 0 Å². The van der Waals surface area contributed by atoms with Gasteiger partial charge >= 0.3 is 0 Å². The van der Waals surface area contributed by atoms with Gasteiger partial charge in [-0.25, -0.2) is 0 Å². The van der Waals surface area contributed by atoms with Gasteiger partial charge in [-0.2, -0.15) is 5.26 Å². The first-order chi connectivity index (χ1) is 14.6. The summed E-state index contributed by atoms with van der Waals surface area (Å²) in [5, 5.41) is 22.4. The van der Waals surface area contributed by atoms with Gasteiger partial charge in [-0.1, -0.05) is 6.07 Å². The fourth-order valence-corrected chi connectivity index (χ4v) is 4.43. The highest BCUT2D eigenvalue weighted by Gasteiger charge is 2.22. The van der Waals surface area contributed by atoms with Gasteiger partial charge in [0.2, 0.25) is 0 Å². The molecule has 2 heterocycles. The summed E-state index contributed by atoms with van der Waals surface area (Å²) in [6, 6.07) is 16.0. The van der Waals surface area contributed by atoms with E-state index in [0.29, 0.717) is 11.6 Å². The van der Waals surface area contributed by atoms with Crippen molar-refractivity contribution >= 4 is 27.8 Å². The summed E-state index contributed by atoms with van der Waals surface area (Å²) in [4.78, 5) is 0.798. The zero-order chi connectivity index (χ0) is 21.1. The Morgan fingerprint density at radius 2 is 1.83 bits per heavy atom. The second-order valence-corrected chi connectivity index (χ2v) is 9.01. The molecule has 154 valence electrons. The molecule has 1 saturated heterocycles. The predicted octanol–water partition coefficient (Wildman–Crippen LogP) is 4.13. The molecule has 1 aliphatic rings. The number of fused-ring (bicyclic) bond motifs is 1. The highest BCUT2D eigenvalue weighted by Crippen LogP contribution is 2.31. The van der Waals surface area contributed by atoms with Crippen LogP contribution < -0.4 is 5.32 Å². The van der Waals surface area contributed by atoms with Crippen molar-refractivity contribution in [3.8, 4) is 17.2 Å². The molecule has 1 aliphatic heterocycles. The van der Waals surface area contributed by atoms with E-state index in [0.717, 1.165) is 58.7 Å². The van der Waals surface area contributed by atoms with Crippen molar-refractivity contribution in [1.82, 2.24) is 10.2 Å². The van der Waals surface area contributed by atoms with E-state index in [1.807, 2.05) is 42.5 Å². The van der Waals surface area contributed by atoms with Crippen LogP contribution in [0.1, 0.15) is 25.5 Å². The fraction of sp³-hybridized carbons (Fsp3) is 0.348. The van der Waals surface area contributed by atoms with Crippen molar-refractivity contribution < 1.29 is 9.29 Å². The number of hydrogen-bond donors (Lipinski definition) is 1. The van der Waals surface area contributed by atoms with Crippen molar-refractivity contribution in [1.29, 1.82) is 5.26 Å². The summed E-state index contributed by atoms with van der Waals surface area (Å²) in [5.41, 5.74) is 3.80. The van der Waals surface area contributed by atoms with Crippen LogP contribution in [0.15, 0.2) is 47.4 Å². The van der Waals surface area contributed by atoms with Gasteiger partial charge in [0.1, 0.15) is 12.3 Å². The van der Waals surface area contributed by atoms with E-state index in [1.54, 1.807) is 6.26 Å². The first kappa shape index (κ1) is 20.6. The van der Waals surface area contributed by atoms with E-state index in [2.05, 4.69) is 28.5 Å². The number of hydrogen-bond acceptors (Lipinski definition) is 6. The summed E-state index contributed by atoms with van der Waals surface area (Å²) < 4.78 is 17.1. The van der Waals surface area contributed by atoms with Crippen LogP contribution >= 0.6 is 0 Å². The molecule has 7 heteroatoms. The van der Waals surface area contributed by atoms with E-state index in [1.165, 1.54) is 0 Å². The molecular weight excluding hydrogens is 396 g/mol. The summed E-state index contributed by atoms with van der Waals surface area (Å²) in [6.07, 6.45) is 3.69. The van der Waals surface area contributed by atoms with E-state index < -0.39 is 11.2 Å². The van der Waals surface area contributed by atoms with Crippen LogP contribution in [0.2, 0.25) is 0 Å². The molecule has 2 unspecified atom stereocenters. The molecule has 6 nitrogen and oxygen atoms in total. The minimum Gasteiger partial charge on any atom is -0.612 e. The second kappa shape index (κ2) is 9.00. The molecule has 3 aromatic rings. The maximum absolute atomic E-state index is 11.6. The first-order valence-electron chi connectivity index (χ1n) is 10.1. The van der Waals surface area contributed by atoms with Crippen molar-refractivity contribution in [2.75, 3.05) is 24.8 Å². The van der Waals surface area contributed by atoms with Crippen LogP contribution in [0.4, 0.5) is 5.69 Å². The Bertz CT molecular complexity index is 1070. The van der Waals surface area contributed by atoms with E-state index in [9.17, 15) is 9.81 Å². The lowest BCUT2D eigenvalue weighted by Crippen LogP contribution is -2.31. The third-order valence-corrected chi connectivity index (χ3v) is 6.67. The molecule has 0 spiro atoms. The van der Waals surface area contributed by atoms with E-state index in [4.69, 9.17) is 4.74 Å². The van der Waals surface area contributed by atoms with Crippen molar-refractivity contribution in [3.05, 3.63) is 48.2 Å². The van der Waals surface area contributed by atoms with Crippen LogP contribution in [0.25, 0.3) is 22.0 Å². The quantitative estimate of drug-likeness (QED) is 0.624. The Balaban J connectivity index is 1.67. The number of nitrogens with one attached hydrogen (secondary N) is 1. The average molecular weight is 421 g/mol. The molecular formula is C23H24N4O2S. The van der Waals surface area contributed by atoms with Gasteiger partial charge in [0.25, 0.3) is 0 Å². The molecule has 1 N–H and O–H groups in total. The minimum atomic E-state index is -1.00. The Labute approximate surface area is 179 Å². The topological polar surface area (TPSA) is 93.9 Å². The van der Waals surface area contributed by atoms with Gasteiger partial charge < -0.3 is 14.6 Å². The van der Waals surface area contributed by atoms with Gasteiger partial charge in [-0.3, -0.25) is 0 Å². The van der Waals surface area contributed by atoms with Crippen molar-refractivity contribution in [3.63, 3.8) is 0 Å². The molecule has 1 fully saturated rings. The Hall–Kier alpha value is -2.66. The van der Waals surface area contributed by atoms with Gasteiger partial charge in [0.15, 0.2) is 10.6 Å². The Morgan fingerprint density at radius 1 is 1.13 bits per heavy atom. The normalized spacial score (nSPS) is 16.7. The highest BCUT2D eigenvalue weighted by molar-refractivity contribution is 7.90. The maximum Gasteiger partial charge on any atom is 0.186 e. The van der Waals surface area contributed by atoms with Gasteiger partial charge in [-0.15, -0.1) is 10.2 Å². The fourth-order valence-electron chi connectivity index (χ4n) is 3.91. The molecule has 0 radical (unpaired) electrons. The van der Waals surface area contributed by atoms with Crippen molar-refractivity contribution in [2.45, 2.75) is 30.7 Å². The zero-order valence-electron chi connectivity index (χ0n) is 17.1. The van der Waals surface area contributed by atoms with Gasteiger partial charge in [-0.05, 0) is 84.4 Å². The Kier molecular flexibility index (Phi) is 6.18. The molecule has 0 bridgehead atoms. The number of ether oxygens (including phenoxy) is 1. The van der Waals surface area contributed by atoms with Crippen LogP contribution in [-0.2, 0) is 15.9 Å². The molecule has 0 saturated carbocycles. The monoisotopic (exact) mass is 420 g/mol. The van der Waals surface area contributed by atoms with E-state index in [-0.39, 0.29) is 6.04 Å². The van der Waals surface area contributed by atoms with Gasteiger partial charge in [0.05, 0.1) is 11.2 Å². The lowest BCUT2D eigenvalue weighted by atomic mass is 9.92. The van der Waals surface area contributed by atoms with Crippen molar-refractivity contribution in [2.24, 2.45) is 5.92 Å². The number of benzene rings is 2. The molecule has 2 atom stereocenters. The van der Waals surface area contributed by atoms with Gasteiger partial charge in [0, 0.05) is 24.6 Å². The largest absolute Gasteiger partial charge is 0.612 e. The molecule has 30 heavy (non-hydrogen) atoms. The van der Waals surface area contributed by atoms with E-state index >= 15 is 0 Å². The zero-order valence-corrected chi connectivity index (χ0v) is 17.9. The number of anilines is 1. The third-order valence-electron chi connectivity index (χ3n) is 5.73. The van der Waals surface area contributed by atoms with Crippen LogP contribution in [0.3, 0.4) is 0 Å². The molecule has 0 amide bonds.